The van der Waals surface area contributed by atoms with E-state index in [2.05, 4.69) is 0 Å². The summed E-state index contributed by atoms with van der Waals surface area (Å²) in [5.74, 6) is 0.00185. The van der Waals surface area contributed by atoms with Crippen LogP contribution in [0.5, 0.6) is 0 Å². The second-order valence-corrected chi connectivity index (χ2v) is 3.42. The highest BCUT2D eigenvalue weighted by atomic mass is 16.2. The maximum atomic E-state index is 11.2. The van der Waals surface area contributed by atoms with Crippen molar-refractivity contribution in [2.75, 3.05) is 7.05 Å². The zero-order valence-electron chi connectivity index (χ0n) is 8.47. The van der Waals surface area contributed by atoms with Crippen LogP contribution in [0, 0.1) is 0 Å². The number of ketones is 1. The summed E-state index contributed by atoms with van der Waals surface area (Å²) >= 11 is 0. The third-order valence-electron chi connectivity index (χ3n) is 2.38. The molecular formula is C9H17NO2. The maximum absolute atomic E-state index is 11.2. The molecule has 0 aliphatic heterocycles. The molecule has 0 radical (unpaired) electrons. The lowest BCUT2D eigenvalue weighted by atomic mass is 9.98. The predicted octanol–water partition coefficient (Wildman–Crippen LogP) is 1.22. The largest absolute Gasteiger partial charge is 0.334 e. The molecule has 0 saturated carbocycles. The molecule has 0 rings (SSSR count). The Labute approximate surface area is 73.7 Å². The Morgan fingerprint density at radius 3 is 2.00 bits per heavy atom. The number of carbonyl (C=O) groups is 2. The minimum absolute atomic E-state index is 0.00444. The number of hydrogen-bond donors (Lipinski definition) is 0. The molecule has 0 N–H and O–H groups in total. The molecule has 0 atom stereocenters. The topological polar surface area (TPSA) is 37.4 Å². The average molecular weight is 171 g/mol. The van der Waals surface area contributed by atoms with Crippen molar-refractivity contribution in [2.24, 2.45) is 0 Å². The number of carbonyl (C=O) groups excluding carboxylic acids is 2. The van der Waals surface area contributed by atoms with Gasteiger partial charge in [-0.15, -0.1) is 0 Å². The quantitative estimate of drug-likeness (QED) is 0.640. The summed E-state index contributed by atoms with van der Waals surface area (Å²) in [6, 6.07) is 0. The van der Waals surface area contributed by atoms with Gasteiger partial charge in [0.2, 0.25) is 5.91 Å². The highest BCUT2D eigenvalue weighted by Gasteiger charge is 2.30. The molecule has 0 unspecified atom stereocenters. The van der Waals surface area contributed by atoms with Gasteiger partial charge in [-0.2, -0.15) is 0 Å². The summed E-state index contributed by atoms with van der Waals surface area (Å²) in [6.45, 7) is 6.79. The normalized spacial score (nSPS) is 11.1. The lowest BCUT2D eigenvalue weighted by Crippen LogP contribution is -2.49. The van der Waals surface area contributed by atoms with E-state index in [-0.39, 0.29) is 11.7 Å². The fourth-order valence-corrected chi connectivity index (χ4v) is 0.785. The minimum atomic E-state index is -0.674. The Bertz CT molecular complexity index is 197. The number of likely N-dealkylation sites (N-methyl/N-ethyl adjacent to an activating group) is 1. The Kier molecular flexibility index (Phi) is 3.43. The van der Waals surface area contributed by atoms with Gasteiger partial charge in [0, 0.05) is 13.5 Å². The van der Waals surface area contributed by atoms with Gasteiger partial charge in [0.25, 0.3) is 0 Å². The summed E-state index contributed by atoms with van der Waals surface area (Å²) in [7, 11) is 1.66. The summed E-state index contributed by atoms with van der Waals surface area (Å²) in [5.41, 5.74) is -0.674. The van der Waals surface area contributed by atoms with E-state index in [1.54, 1.807) is 27.8 Å². The van der Waals surface area contributed by atoms with Crippen molar-refractivity contribution in [3.63, 3.8) is 0 Å². The van der Waals surface area contributed by atoms with Gasteiger partial charge in [-0.25, -0.2) is 0 Å². The fourth-order valence-electron chi connectivity index (χ4n) is 0.785. The van der Waals surface area contributed by atoms with Gasteiger partial charge in [-0.3, -0.25) is 9.59 Å². The highest BCUT2D eigenvalue weighted by molar-refractivity contribution is 5.90. The van der Waals surface area contributed by atoms with Crippen LogP contribution >= 0.6 is 0 Å². The van der Waals surface area contributed by atoms with E-state index < -0.39 is 5.54 Å². The molecule has 3 nitrogen and oxygen atoms in total. The monoisotopic (exact) mass is 171 g/mol. The number of rotatable bonds is 3. The van der Waals surface area contributed by atoms with E-state index >= 15 is 0 Å². The standard InChI is InChI=1S/C9H17NO2/c1-6-8(12)10(5)9(3,4)7(2)11/h6H2,1-5H3. The third-order valence-corrected chi connectivity index (χ3v) is 2.38. The van der Waals surface area contributed by atoms with Crippen molar-refractivity contribution < 1.29 is 9.59 Å². The van der Waals surface area contributed by atoms with Gasteiger partial charge in [0.1, 0.15) is 0 Å². The molecule has 1 amide bonds. The summed E-state index contributed by atoms with van der Waals surface area (Å²) < 4.78 is 0. The van der Waals surface area contributed by atoms with Gasteiger partial charge in [0.05, 0.1) is 5.54 Å². The molecule has 0 bridgehead atoms. The number of amides is 1. The zero-order valence-corrected chi connectivity index (χ0v) is 8.47. The van der Waals surface area contributed by atoms with Crippen LogP contribution in [-0.2, 0) is 9.59 Å². The molecule has 0 aliphatic carbocycles. The van der Waals surface area contributed by atoms with Crippen LogP contribution in [0.1, 0.15) is 34.1 Å². The van der Waals surface area contributed by atoms with Crippen LogP contribution < -0.4 is 0 Å². The van der Waals surface area contributed by atoms with Crippen LogP contribution in [0.25, 0.3) is 0 Å². The van der Waals surface area contributed by atoms with Crippen LogP contribution in [0.15, 0.2) is 0 Å². The molecule has 0 spiro atoms. The Morgan fingerprint density at radius 1 is 1.33 bits per heavy atom. The van der Waals surface area contributed by atoms with Gasteiger partial charge in [-0.1, -0.05) is 6.92 Å². The van der Waals surface area contributed by atoms with Gasteiger partial charge in [0.15, 0.2) is 5.78 Å². The molecule has 0 aliphatic rings. The van der Waals surface area contributed by atoms with Crippen LogP contribution in [0.2, 0.25) is 0 Å². The van der Waals surface area contributed by atoms with Crippen LogP contribution in [-0.4, -0.2) is 29.2 Å². The van der Waals surface area contributed by atoms with E-state index in [9.17, 15) is 9.59 Å². The van der Waals surface area contributed by atoms with E-state index in [1.807, 2.05) is 0 Å². The van der Waals surface area contributed by atoms with Crippen molar-refractivity contribution in [3.8, 4) is 0 Å². The second-order valence-electron chi connectivity index (χ2n) is 3.42. The average Bonchev–Trinajstić information content (AvgIpc) is 2.01. The zero-order chi connectivity index (χ0) is 9.94. The van der Waals surface area contributed by atoms with Gasteiger partial charge < -0.3 is 4.90 Å². The predicted molar refractivity (Wildman–Crippen MR) is 47.8 cm³/mol. The smallest absolute Gasteiger partial charge is 0.222 e. The molecule has 0 aromatic carbocycles. The number of Topliss-reactive ketones (excluding diaryl/α,β-unsaturated/α-hetero) is 1. The number of hydrogen-bond acceptors (Lipinski definition) is 2. The molecular weight excluding hydrogens is 154 g/mol. The minimum Gasteiger partial charge on any atom is -0.334 e. The van der Waals surface area contributed by atoms with E-state index in [0.717, 1.165) is 0 Å². The summed E-state index contributed by atoms with van der Waals surface area (Å²) in [4.78, 5) is 23.9. The van der Waals surface area contributed by atoms with Crippen molar-refractivity contribution >= 4 is 11.7 Å². The molecule has 12 heavy (non-hydrogen) atoms. The fraction of sp³-hybridized carbons (Fsp3) is 0.778. The first-order valence-corrected chi connectivity index (χ1v) is 4.11. The molecule has 0 aromatic heterocycles. The maximum Gasteiger partial charge on any atom is 0.222 e. The van der Waals surface area contributed by atoms with Gasteiger partial charge in [-0.05, 0) is 20.8 Å². The molecule has 0 heterocycles. The van der Waals surface area contributed by atoms with Crippen molar-refractivity contribution in [1.82, 2.24) is 4.90 Å². The Morgan fingerprint density at radius 2 is 1.75 bits per heavy atom. The first kappa shape index (κ1) is 11.1. The molecule has 3 heteroatoms. The first-order chi connectivity index (χ1) is 5.34. The van der Waals surface area contributed by atoms with Crippen molar-refractivity contribution in [1.29, 1.82) is 0 Å². The van der Waals surface area contributed by atoms with E-state index in [4.69, 9.17) is 0 Å². The molecule has 0 saturated heterocycles. The number of nitrogens with zero attached hydrogens (tertiary/aromatic N) is 1. The summed E-state index contributed by atoms with van der Waals surface area (Å²) in [6.07, 6.45) is 0.438. The Balaban J connectivity index is 4.56. The molecule has 70 valence electrons. The van der Waals surface area contributed by atoms with Gasteiger partial charge >= 0.3 is 0 Å². The summed E-state index contributed by atoms with van der Waals surface area (Å²) in [5, 5.41) is 0. The second kappa shape index (κ2) is 3.70. The lowest BCUT2D eigenvalue weighted by Gasteiger charge is -2.33. The lowest BCUT2D eigenvalue weighted by molar-refractivity contribution is -0.141. The Hall–Kier alpha value is -0.860. The highest BCUT2D eigenvalue weighted by Crippen LogP contribution is 2.14. The van der Waals surface area contributed by atoms with Crippen LogP contribution in [0.3, 0.4) is 0 Å². The van der Waals surface area contributed by atoms with Crippen molar-refractivity contribution in [2.45, 2.75) is 39.7 Å². The first-order valence-electron chi connectivity index (χ1n) is 4.11. The SMILES string of the molecule is CCC(=O)N(C)C(C)(C)C(C)=O. The molecule has 0 fully saturated rings. The van der Waals surface area contributed by atoms with E-state index in [0.29, 0.717) is 6.42 Å². The third kappa shape index (κ3) is 2.06. The van der Waals surface area contributed by atoms with E-state index in [1.165, 1.54) is 11.8 Å². The molecule has 0 aromatic rings. The van der Waals surface area contributed by atoms with Crippen LogP contribution in [0.4, 0.5) is 0 Å². The van der Waals surface area contributed by atoms with Crippen molar-refractivity contribution in [3.05, 3.63) is 0 Å².